The molecule has 8 heteroatoms. The second kappa shape index (κ2) is 10.00. The van der Waals surface area contributed by atoms with Gasteiger partial charge < -0.3 is 10.0 Å². The number of nitrogens with zero attached hydrogens (tertiary/aromatic N) is 2. The number of rotatable bonds is 6. The number of halogens is 3. The molecule has 1 atom stereocenters. The summed E-state index contributed by atoms with van der Waals surface area (Å²) in [5, 5.41) is 11.1. The van der Waals surface area contributed by atoms with Crippen molar-refractivity contribution in [2.45, 2.75) is 19.9 Å². The van der Waals surface area contributed by atoms with Crippen LogP contribution in [0.15, 0.2) is 76.8 Å². The lowest BCUT2D eigenvalue weighted by molar-refractivity contribution is -0.132. The van der Waals surface area contributed by atoms with Crippen molar-refractivity contribution in [1.82, 2.24) is 0 Å². The topological polar surface area (TPSA) is 60.9 Å². The van der Waals surface area contributed by atoms with Gasteiger partial charge in [0.15, 0.2) is 11.6 Å². The van der Waals surface area contributed by atoms with E-state index in [2.05, 4.69) is 20.8 Å². The second-order valence-electron chi connectivity index (χ2n) is 8.04. The SMILES string of the molecule is CCN(CC)c1ccc(C2/C(=C(\O)c3ccc(Br)cc3)C(=O)C(=O)N2c2ccc(F)c(F)c2)cc1. The zero-order valence-corrected chi connectivity index (χ0v) is 20.7. The number of aliphatic hydroxyl groups is 1. The number of Topliss-reactive ketones (excluding diaryl/α,β-unsaturated/α-hetero) is 1. The molecule has 4 rings (SSSR count). The van der Waals surface area contributed by atoms with Crippen molar-refractivity contribution in [1.29, 1.82) is 0 Å². The molecule has 1 fully saturated rings. The van der Waals surface area contributed by atoms with Crippen molar-refractivity contribution in [3.05, 3.63) is 99.5 Å². The largest absolute Gasteiger partial charge is 0.507 e. The Morgan fingerprint density at radius 2 is 1.57 bits per heavy atom. The summed E-state index contributed by atoms with van der Waals surface area (Å²) in [6, 6.07) is 15.9. The molecule has 0 spiro atoms. The van der Waals surface area contributed by atoms with E-state index < -0.39 is 29.4 Å². The van der Waals surface area contributed by atoms with Crippen LogP contribution in [0.1, 0.15) is 31.0 Å². The summed E-state index contributed by atoms with van der Waals surface area (Å²) in [7, 11) is 0. The highest BCUT2D eigenvalue weighted by Crippen LogP contribution is 2.42. The average Bonchev–Trinajstić information content (AvgIpc) is 3.12. The fourth-order valence-corrected chi connectivity index (χ4v) is 4.53. The Morgan fingerprint density at radius 1 is 0.943 bits per heavy atom. The molecular formula is C27H23BrF2N2O3. The van der Waals surface area contributed by atoms with Crippen LogP contribution in [0.5, 0.6) is 0 Å². The molecule has 1 aliphatic rings. The van der Waals surface area contributed by atoms with Crippen LogP contribution in [0.4, 0.5) is 20.2 Å². The third-order valence-electron chi connectivity index (χ3n) is 6.08. The van der Waals surface area contributed by atoms with Gasteiger partial charge in [0, 0.05) is 40.6 Å². The molecule has 3 aromatic carbocycles. The monoisotopic (exact) mass is 540 g/mol. The lowest BCUT2D eigenvalue weighted by atomic mass is 9.95. The van der Waals surface area contributed by atoms with Gasteiger partial charge in [-0.25, -0.2) is 8.78 Å². The Bertz CT molecular complexity index is 1300. The molecule has 1 N–H and O–H groups in total. The van der Waals surface area contributed by atoms with Gasteiger partial charge in [0.25, 0.3) is 11.7 Å². The molecule has 0 bridgehead atoms. The number of amides is 1. The van der Waals surface area contributed by atoms with Crippen LogP contribution in [0.3, 0.4) is 0 Å². The third-order valence-corrected chi connectivity index (χ3v) is 6.61. The standard InChI is InChI=1S/C27H23BrF2N2O3/c1-3-31(4-2)19-11-7-16(8-12-19)24-23(25(33)17-5-9-18(28)10-6-17)26(34)27(35)32(24)20-13-14-21(29)22(30)15-20/h5-15,24,33H,3-4H2,1-2H3/b25-23+. The molecule has 0 aliphatic carbocycles. The van der Waals surface area contributed by atoms with Crippen LogP contribution >= 0.6 is 15.9 Å². The maximum Gasteiger partial charge on any atom is 0.300 e. The molecule has 35 heavy (non-hydrogen) atoms. The highest BCUT2D eigenvalue weighted by molar-refractivity contribution is 9.10. The maximum atomic E-state index is 14.1. The van der Waals surface area contributed by atoms with Crippen molar-refractivity contribution in [3.8, 4) is 0 Å². The van der Waals surface area contributed by atoms with Gasteiger partial charge in [-0.2, -0.15) is 0 Å². The van der Waals surface area contributed by atoms with E-state index in [0.29, 0.717) is 11.1 Å². The van der Waals surface area contributed by atoms with Crippen molar-refractivity contribution in [2.24, 2.45) is 0 Å². The quantitative estimate of drug-likeness (QED) is 0.230. The Morgan fingerprint density at radius 3 is 2.14 bits per heavy atom. The molecular weight excluding hydrogens is 518 g/mol. The third kappa shape index (κ3) is 4.58. The summed E-state index contributed by atoms with van der Waals surface area (Å²) in [6.45, 7) is 5.67. The zero-order valence-electron chi connectivity index (χ0n) is 19.1. The summed E-state index contributed by atoms with van der Waals surface area (Å²) < 4.78 is 28.5. The van der Waals surface area contributed by atoms with Gasteiger partial charge in [-0.3, -0.25) is 14.5 Å². The van der Waals surface area contributed by atoms with Gasteiger partial charge in [-0.1, -0.05) is 40.2 Å². The minimum absolute atomic E-state index is 0.0127. The fraction of sp³-hybridized carbons (Fsp3) is 0.185. The first-order valence-corrected chi connectivity index (χ1v) is 11.9. The molecule has 0 saturated carbocycles. The number of anilines is 2. The molecule has 3 aromatic rings. The van der Waals surface area contributed by atoms with Gasteiger partial charge in [0.05, 0.1) is 11.6 Å². The van der Waals surface area contributed by atoms with E-state index in [0.717, 1.165) is 40.3 Å². The van der Waals surface area contributed by atoms with Crippen LogP contribution < -0.4 is 9.80 Å². The lowest BCUT2D eigenvalue weighted by Gasteiger charge is -2.27. The van der Waals surface area contributed by atoms with Crippen LogP contribution in [-0.2, 0) is 9.59 Å². The lowest BCUT2D eigenvalue weighted by Crippen LogP contribution is -2.29. The maximum absolute atomic E-state index is 14.1. The number of hydrogen-bond donors (Lipinski definition) is 1. The average molecular weight is 541 g/mol. The smallest absolute Gasteiger partial charge is 0.300 e. The normalized spacial score (nSPS) is 17.2. The number of benzene rings is 3. The zero-order chi connectivity index (χ0) is 25.3. The van der Waals surface area contributed by atoms with Crippen LogP contribution in [0, 0.1) is 11.6 Å². The van der Waals surface area contributed by atoms with Crippen molar-refractivity contribution in [3.63, 3.8) is 0 Å². The summed E-state index contributed by atoms with van der Waals surface area (Å²) in [4.78, 5) is 29.6. The predicted molar refractivity (Wildman–Crippen MR) is 135 cm³/mol. The van der Waals surface area contributed by atoms with E-state index in [1.807, 2.05) is 26.0 Å². The molecule has 180 valence electrons. The Kier molecular flexibility index (Phi) is 7.03. The molecule has 0 radical (unpaired) electrons. The van der Waals surface area contributed by atoms with E-state index in [4.69, 9.17) is 0 Å². The number of hydrogen-bond acceptors (Lipinski definition) is 4. The Hall–Kier alpha value is -3.52. The first-order chi connectivity index (χ1) is 16.8. The van der Waals surface area contributed by atoms with E-state index in [1.54, 1.807) is 36.4 Å². The first kappa shape index (κ1) is 24.6. The van der Waals surface area contributed by atoms with Gasteiger partial charge in [-0.05, 0) is 55.8 Å². The highest BCUT2D eigenvalue weighted by atomic mass is 79.9. The fourth-order valence-electron chi connectivity index (χ4n) is 4.27. The number of ketones is 1. The summed E-state index contributed by atoms with van der Waals surface area (Å²) in [5.41, 5.74) is 1.73. The van der Waals surface area contributed by atoms with Gasteiger partial charge in [0.2, 0.25) is 0 Å². The van der Waals surface area contributed by atoms with Crippen molar-refractivity contribution < 1.29 is 23.5 Å². The minimum Gasteiger partial charge on any atom is -0.507 e. The summed E-state index contributed by atoms with van der Waals surface area (Å²) >= 11 is 3.33. The van der Waals surface area contributed by atoms with E-state index in [-0.39, 0.29) is 17.0 Å². The van der Waals surface area contributed by atoms with Crippen molar-refractivity contribution >= 4 is 44.8 Å². The highest BCUT2D eigenvalue weighted by Gasteiger charge is 2.47. The Labute approximate surface area is 210 Å². The van der Waals surface area contributed by atoms with Crippen molar-refractivity contribution in [2.75, 3.05) is 22.9 Å². The molecule has 1 aliphatic heterocycles. The molecule has 1 saturated heterocycles. The number of aliphatic hydroxyl groups excluding tert-OH is 1. The van der Waals surface area contributed by atoms with Gasteiger partial charge in [0.1, 0.15) is 5.76 Å². The minimum atomic E-state index is -1.15. The second-order valence-corrected chi connectivity index (χ2v) is 8.95. The van der Waals surface area contributed by atoms with E-state index in [9.17, 15) is 23.5 Å². The molecule has 1 amide bonds. The van der Waals surface area contributed by atoms with Crippen LogP contribution in [0.25, 0.3) is 5.76 Å². The summed E-state index contributed by atoms with van der Waals surface area (Å²) in [6.07, 6.45) is 0. The van der Waals surface area contributed by atoms with Crippen LogP contribution in [0.2, 0.25) is 0 Å². The first-order valence-electron chi connectivity index (χ1n) is 11.1. The Balaban J connectivity index is 1.90. The molecule has 5 nitrogen and oxygen atoms in total. The van der Waals surface area contributed by atoms with Gasteiger partial charge >= 0.3 is 0 Å². The number of carbonyl (C=O) groups is 2. The molecule has 1 unspecified atom stereocenters. The van der Waals surface area contributed by atoms with Crippen LogP contribution in [-0.4, -0.2) is 29.9 Å². The predicted octanol–water partition coefficient (Wildman–Crippen LogP) is 6.20. The number of carbonyl (C=O) groups excluding carboxylic acids is 2. The van der Waals surface area contributed by atoms with Gasteiger partial charge in [-0.15, -0.1) is 0 Å². The summed E-state index contributed by atoms with van der Waals surface area (Å²) in [5.74, 6) is -4.41. The van der Waals surface area contributed by atoms with E-state index >= 15 is 0 Å². The van der Waals surface area contributed by atoms with E-state index in [1.165, 1.54) is 6.07 Å². The molecule has 0 aromatic heterocycles. The molecule has 1 heterocycles.